The molecule has 8 heteroatoms. The van der Waals surface area contributed by atoms with Crippen molar-refractivity contribution in [2.45, 2.75) is 25.4 Å². The van der Waals surface area contributed by atoms with Crippen LogP contribution in [0.4, 0.5) is 5.69 Å². The summed E-state index contributed by atoms with van der Waals surface area (Å²) in [5.41, 5.74) is -0.0352. The summed E-state index contributed by atoms with van der Waals surface area (Å²) in [7, 11) is 0. The number of hydrogen-bond acceptors (Lipinski definition) is 5. The van der Waals surface area contributed by atoms with Crippen LogP contribution in [-0.2, 0) is 14.3 Å². The zero-order valence-electron chi connectivity index (χ0n) is 17.1. The van der Waals surface area contributed by atoms with Crippen molar-refractivity contribution in [1.29, 1.82) is 0 Å². The molecule has 4 atom stereocenters. The zero-order valence-corrected chi connectivity index (χ0v) is 17.8. The summed E-state index contributed by atoms with van der Waals surface area (Å²) in [6.45, 7) is 3.72. The van der Waals surface area contributed by atoms with Crippen LogP contribution in [0.15, 0.2) is 42.5 Å². The molecule has 0 radical (unpaired) electrons. The van der Waals surface area contributed by atoms with Crippen LogP contribution in [0, 0.1) is 11.8 Å². The molecular formula is C23H21ClN2O5. The van der Waals surface area contributed by atoms with E-state index >= 15 is 0 Å². The molecule has 0 unspecified atom stereocenters. The molecule has 2 aromatic rings. The number of para-hydroxylation sites is 1. The second-order valence-electron chi connectivity index (χ2n) is 8.15. The van der Waals surface area contributed by atoms with Gasteiger partial charge in [-0.25, -0.2) is 0 Å². The van der Waals surface area contributed by atoms with Gasteiger partial charge in [0.25, 0.3) is 11.8 Å². The summed E-state index contributed by atoms with van der Waals surface area (Å²) in [4.78, 5) is 42.2. The molecule has 2 amide bonds. The minimum absolute atomic E-state index is 0.172. The standard InChI is InChI=1S/C23H21ClN2O5/c1-3-30-21(28)18-15-11-31-17-7-5-4-6-14(17)19(15)26-20(27)13-9-8-12(24)10-16(13)25-22(29)23(18,26)2/h4-10,15,18-19H,3,11H2,1-2H3,(H,25,29)/t15-,18-,19+,23-/m1/s1. The fourth-order valence-corrected chi connectivity index (χ4v) is 5.41. The van der Waals surface area contributed by atoms with Gasteiger partial charge in [0.1, 0.15) is 11.3 Å². The molecular weight excluding hydrogens is 420 g/mol. The van der Waals surface area contributed by atoms with Gasteiger partial charge in [-0.05, 0) is 38.1 Å². The maximum Gasteiger partial charge on any atom is 0.312 e. The van der Waals surface area contributed by atoms with Crippen LogP contribution in [0.2, 0.25) is 5.02 Å². The van der Waals surface area contributed by atoms with Crippen LogP contribution >= 0.6 is 11.6 Å². The number of esters is 1. The van der Waals surface area contributed by atoms with Crippen LogP contribution in [0.5, 0.6) is 5.75 Å². The van der Waals surface area contributed by atoms with E-state index in [4.69, 9.17) is 21.1 Å². The molecule has 0 spiro atoms. The first-order chi connectivity index (χ1) is 14.9. The molecule has 31 heavy (non-hydrogen) atoms. The Morgan fingerprint density at radius 2 is 2.06 bits per heavy atom. The monoisotopic (exact) mass is 440 g/mol. The van der Waals surface area contributed by atoms with E-state index in [1.54, 1.807) is 36.9 Å². The molecule has 0 saturated carbocycles. The normalized spacial score (nSPS) is 28.4. The largest absolute Gasteiger partial charge is 0.493 e. The molecule has 3 aliphatic rings. The third-order valence-electron chi connectivity index (χ3n) is 6.57. The number of hydrogen-bond donors (Lipinski definition) is 1. The molecule has 1 saturated heterocycles. The van der Waals surface area contributed by atoms with Crippen molar-refractivity contribution >= 4 is 35.1 Å². The smallest absolute Gasteiger partial charge is 0.312 e. The van der Waals surface area contributed by atoms with Crippen molar-refractivity contribution in [2.24, 2.45) is 11.8 Å². The Labute approximate surface area is 184 Å². The maximum atomic E-state index is 13.9. The Bertz CT molecular complexity index is 1120. The third-order valence-corrected chi connectivity index (χ3v) is 6.80. The Kier molecular flexibility index (Phi) is 4.48. The number of nitrogens with zero attached hydrogens (tertiary/aromatic N) is 1. The molecule has 2 aromatic carbocycles. The Balaban J connectivity index is 1.75. The first-order valence-electron chi connectivity index (χ1n) is 10.2. The first kappa shape index (κ1) is 19.9. The van der Waals surface area contributed by atoms with E-state index in [1.807, 2.05) is 24.3 Å². The number of fused-ring (bicyclic) bond motifs is 6. The van der Waals surface area contributed by atoms with E-state index in [1.165, 1.54) is 0 Å². The average Bonchev–Trinajstić information content (AvgIpc) is 2.99. The molecule has 7 nitrogen and oxygen atoms in total. The Morgan fingerprint density at radius 1 is 1.29 bits per heavy atom. The third kappa shape index (κ3) is 2.69. The summed E-state index contributed by atoms with van der Waals surface area (Å²) in [5.74, 6) is -1.98. The van der Waals surface area contributed by atoms with Crippen molar-refractivity contribution in [3.05, 3.63) is 58.6 Å². The highest BCUT2D eigenvalue weighted by molar-refractivity contribution is 6.31. The van der Waals surface area contributed by atoms with Gasteiger partial charge in [0.2, 0.25) is 0 Å². The lowest BCUT2D eigenvalue weighted by molar-refractivity contribution is -0.155. The number of halogens is 1. The molecule has 3 heterocycles. The second-order valence-corrected chi connectivity index (χ2v) is 8.59. The van der Waals surface area contributed by atoms with E-state index in [-0.39, 0.29) is 19.1 Å². The minimum atomic E-state index is -1.47. The van der Waals surface area contributed by atoms with Crippen LogP contribution in [0.1, 0.15) is 35.8 Å². The lowest BCUT2D eigenvalue weighted by Crippen LogP contribution is -2.57. The SMILES string of the molecule is CCOC(=O)[C@H]1[C@H]2COc3ccccc3[C@@H]2N2C(=O)c3ccc(Cl)cc3NC(=O)[C@@]12C. The van der Waals surface area contributed by atoms with Crippen LogP contribution in [0.3, 0.4) is 0 Å². The summed E-state index contributed by atoms with van der Waals surface area (Å²) < 4.78 is 11.3. The second kappa shape index (κ2) is 6.99. The molecule has 0 aliphatic carbocycles. The molecule has 0 aromatic heterocycles. The number of rotatable bonds is 2. The average molecular weight is 441 g/mol. The zero-order chi connectivity index (χ0) is 21.9. The highest BCUT2D eigenvalue weighted by atomic mass is 35.5. The van der Waals surface area contributed by atoms with Crippen LogP contribution in [0.25, 0.3) is 0 Å². The van der Waals surface area contributed by atoms with Crippen molar-refractivity contribution in [3.63, 3.8) is 0 Å². The first-order valence-corrected chi connectivity index (χ1v) is 10.6. The Hall–Kier alpha value is -3.06. The van der Waals surface area contributed by atoms with Gasteiger partial charge in [-0.3, -0.25) is 14.4 Å². The Morgan fingerprint density at radius 3 is 2.84 bits per heavy atom. The quantitative estimate of drug-likeness (QED) is 0.723. The highest BCUT2D eigenvalue weighted by Crippen LogP contribution is 2.56. The molecule has 160 valence electrons. The molecule has 1 fully saturated rings. The summed E-state index contributed by atoms with van der Waals surface area (Å²) in [6.07, 6.45) is 0. The van der Waals surface area contributed by atoms with Crippen LogP contribution in [-0.4, -0.2) is 41.4 Å². The number of anilines is 1. The molecule has 1 N–H and O–H groups in total. The minimum Gasteiger partial charge on any atom is -0.493 e. The molecule has 5 rings (SSSR count). The number of amides is 2. The van der Waals surface area contributed by atoms with E-state index in [0.29, 0.717) is 22.0 Å². The van der Waals surface area contributed by atoms with Gasteiger partial charge in [0, 0.05) is 16.5 Å². The van der Waals surface area contributed by atoms with E-state index < -0.39 is 35.3 Å². The van der Waals surface area contributed by atoms with Crippen molar-refractivity contribution in [1.82, 2.24) is 4.90 Å². The van der Waals surface area contributed by atoms with Crippen molar-refractivity contribution in [2.75, 3.05) is 18.5 Å². The number of carbonyl (C=O) groups is 3. The fourth-order valence-electron chi connectivity index (χ4n) is 5.24. The van der Waals surface area contributed by atoms with Crippen LogP contribution < -0.4 is 10.1 Å². The fraction of sp³-hybridized carbons (Fsp3) is 0.348. The summed E-state index contributed by atoms with van der Waals surface area (Å²) >= 11 is 6.11. The van der Waals surface area contributed by atoms with Crippen molar-refractivity contribution < 1.29 is 23.9 Å². The van der Waals surface area contributed by atoms with Crippen molar-refractivity contribution in [3.8, 4) is 5.75 Å². The lowest BCUT2D eigenvalue weighted by atomic mass is 9.77. The number of carbonyl (C=O) groups excluding carboxylic acids is 3. The number of nitrogens with one attached hydrogen (secondary N) is 1. The maximum absolute atomic E-state index is 13.9. The number of ether oxygens (including phenoxy) is 2. The number of benzene rings is 2. The molecule has 3 aliphatic heterocycles. The van der Waals surface area contributed by atoms with Gasteiger partial charge in [-0.2, -0.15) is 0 Å². The van der Waals surface area contributed by atoms with E-state index in [2.05, 4.69) is 5.32 Å². The highest BCUT2D eigenvalue weighted by Gasteiger charge is 2.67. The van der Waals surface area contributed by atoms with E-state index in [0.717, 1.165) is 5.56 Å². The van der Waals surface area contributed by atoms with E-state index in [9.17, 15) is 14.4 Å². The van der Waals surface area contributed by atoms with Gasteiger partial charge in [0.15, 0.2) is 0 Å². The molecule has 0 bridgehead atoms. The van der Waals surface area contributed by atoms with Gasteiger partial charge < -0.3 is 19.7 Å². The van der Waals surface area contributed by atoms with Gasteiger partial charge in [0.05, 0.1) is 36.4 Å². The lowest BCUT2D eigenvalue weighted by Gasteiger charge is -2.38. The topological polar surface area (TPSA) is 84.9 Å². The summed E-state index contributed by atoms with van der Waals surface area (Å²) in [5, 5.41) is 3.23. The van der Waals surface area contributed by atoms with Gasteiger partial charge in [-0.1, -0.05) is 29.8 Å². The predicted molar refractivity (Wildman–Crippen MR) is 113 cm³/mol. The summed E-state index contributed by atoms with van der Waals surface area (Å²) in [6, 6.07) is 11.7. The van der Waals surface area contributed by atoms with Gasteiger partial charge in [-0.15, -0.1) is 0 Å². The van der Waals surface area contributed by atoms with Gasteiger partial charge >= 0.3 is 5.97 Å². The predicted octanol–water partition coefficient (Wildman–Crippen LogP) is 3.44.